The Kier molecular flexibility index (Phi) is 12.2. The molecule has 18 nitrogen and oxygen atoms in total. The molecule has 4 aliphatic heterocycles. The van der Waals surface area contributed by atoms with Crippen molar-refractivity contribution in [1.82, 2.24) is 39.1 Å². The second-order valence-corrected chi connectivity index (χ2v) is 16.5. The molecule has 0 atom stereocenters. The highest BCUT2D eigenvalue weighted by atomic mass is 32.2. The molecule has 2 aromatic carbocycles. The van der Waals surface area contributed by atoms with Crippen LogP contribution in [0.25, 0.3) is 0 Å². The fourth-order valence-electron chi connectivity index (χ4n) is 7.19. The first-order chi connectivity index (χ1) is 28.7. The van der Waals surface area contributed by atoms with Gasteiger partial charge in [0.15, 0.2) is 5.03 Å². The van der Waals surface area contributed by atoms with E-state index in [2.05, 4.69) is 70.2 Å². The second-order valence-electron chi connectivity index (χ2n) is 14.6. The lowest BCUT2D eigenvalue weighted by Crippen LogP contribution is -2.37. The number of benzene rings is 2. The van der Waals surface area contributed by atoms with Gasteiger partial charge < -0.3 is 29.2 Å². The van der Waals surface area contributed by atoms with Gasteiger partial charge in [-0.3, -0.25) is 0 Å². The number of nitrogens with zero attached hydrogens (tertiary/aromatic N) is 11. The van der Waals surface area contributed by atoms with Gasteiger partial charge in [0, 0.05) is 70.2 Å². The quantitative estimate of drug-likeness (QED) is 0.138. The van der Waals surface area contributed by atoms with E-state index in [1.54, 1.807) is 24.0 Å². The molecule has 308 valence electrons. The highest BCUT2D eigenvalue weighted by Gasteiger charge is 2.36. The predicted octanol–water partition coefficient (Wildman–Crippen LogP) is 3.18. The molecule has 3 N–H and O–H groups in total. The number of morpholine rings is 2. The Morgan fingerprint density at radius 1 is 0.729 bits per heavy atom. The van der Waals surface area contributed by atoms with Gasteiger partial charge in [0.2, 0.25) is 11.9 Å². The lowest BCUT2D eigenvalue weighted by Gasteiger charge is -2.29. The molecule has 7 heterocycles. The van der Waals surface area contributed by atoms with Gasteiger partial charge in [0.25, 0.3) is 10.0 Å². The number of fused-ring (bicyclic) bond motifs is 2. The number of hydrazone groups is 2. The Morgan fingerprint density at radius 3 is 1.83 bits per heavy atom. The lowest BCUT2D eigenvalue weighted by molar-refractivity contribution is 0.122. The number of anilines is 4. The van der Waals surface area contributed by atoms with Crippen molar-refractivity contribution in [3.05, 3.63) is 106 Å². The molecule has 19 heteroatoms. The minimum Gasteiger partial charge on any atom is -0.378 e. The Labute approximate surface area is 343 Å². The zero-order valence-corrected chi connectivity index (χ0v) is 34.2. The fraction of sp³-hybridized carbons (Fsp3) is 0.375. The summed E-state index contributed by atoms with van der Waals surface area (Å²) in [7, 11) is -2.02. The maximum atomic E-state index is 13.2. The largest absolute Gasteiger partial charge is 0.378 e. The smallest absolute Gasteiger partial charge is 0.262 e. The molecular weight excluding hydrogens is 773 g/mol. The van der Waals surface area contributed by atoms with Crippen molar-refractivity contribution in [2.45, 2.75) is 45.1 Å². The molecule has 0 amide bonds. The molecule has 0 spiro atoms. The van der Waals surface area contributed by atoms with Crippen LogP contribution in [0.1, 0.15) is 44.8 Å². The molecule has 0 unspecified atom stereocenters. The number of nitrogens with one attached hydrogen (secondary N) is 3. The van der Waals surface area contributed by atoms with Crippen LogP contribution in [0.4, 0.5) is 23.5 Å². The molecule has 2 fully saturated rings. The topological polar surface area (TPSA) is 193 Å². The van der Waals surface area contributed by atoms with E-state index in [1.807, 2.05) is 43.3 Å². The van der Waals surface area contributed by atoms with E-state index in [4.69, 9.17) is 19.4 Å². The molecule has 0 aliphatic carbocycles. The number of sulfonamides is 1. The average molecular weight is 821 g/mol. The van der Waals surface area contributed by atoms with Gasteiger partial charge in [0.05, 0.1) is 63.1 Å². The van der Waals surface area contributed by atoms with Crippen molar-refractivity contribution in [1.29, 1.82) is 0 Å². The Hall–Kier alpha value is -5.86. The highest BCUT2D eigenvalue weighted by molar-refractivity contribution is 7.89. The van der Waals surface area contributed by atoms with Crippen LogP contribution in [0, 0.1) is 13.8 Å². The molecule has 9 rings (SSSR count). The lowest BCUT2D eigenvalue weighted by atomic mass is 10.2. The van der Waals surface area contributed by atoms with E-state index in [0.29, 0.717) is 49.7 Å². The van der Waals surface area contributed by atoms with Gasteiger partial charge in [-0.2, -0.15) is 24.5 Å². The van der Waals surface area contributed by atoms with E-state index < -0.39 is 10.0 Å². The van der Waals surface area contributed by atoms with Gasteiger partial charge in [-0.1, -0.05) is 59.7 Å². The Balaban J connectivity index is 0.000000172. The molecule has 59 heavy (non-hydrogen) atoms. The van der Waals surface area contributed by atoms with Crippen molar-refractivity contribution in [2.75, 3.05) is 73.3 Å². The van der Waals surface area contributed by atoms with Gasteiger partial charge in [-0.25, -0.2) is 34.2 Å². The van der Waals surface area contributed by atoms with E-state index in [0.717, 1.165) is 73.2 Å². The van der Waals surface area contributed by atoms with E-state index in [-0.39, 0.29) is 18.1 Å². The summed E-state index contributed by atoms with van der Waals surface area (Å²) in [6.45, 7) is 11.7. The molecule has 0 bridgehead atoms. The first-order valence-corrected chi connectivity index (χ1v) is 21.0. The summed E-state index contributed by atoms with van der Waals surface area (Å²) >= 11 is 0. The third-order valence-corrected chi connectivity index (χ3v) is 11.8. The van der Waals surface area contributed by atoms with Gasteiger partial charge in [-0.15, -0.1) is 0 Å². The van der Waals surface area contributed by atoms with E-state index in [1.165, 1.54) is 28.0 Å². The molecule has 0 saturated carbocycles. The maximum Gasteiger partial charge on any atom is 0.262 e. The molecule has 0 radical (unpaired) electrons. The van der Waals surface area contributed by atoms with E-state index in [9.17, 15) is 8.42 Å². The number of ether oxygens (including phenoxy) is 2. The van der Waals surface area contributed by atoms with Crippen LogP contribution in [0.15, 0.2) is 76.3 Å². The number of aromatic nitrogens is 6. The van der Waals surface area contributed by atoms with Crippen LogP contribution < -0.4 is 26.0 Å². The van der Waals surface area contributed by atoms with Gasteiger partial charge >= 0.3 is 0 Å². The van der Waals surface area contributed by atoms with Crippen LogP contribution in [0.2, 0.25) is 0 Å². The van der Waals surface area contributed by atoms with Crippen molar-refractivity contribution >= 4 is 46.0 Å². The minimum atomic E-state index is -3.76. The van der Waals surface area contributed by atoms with Crippen LogP contribution in [0.5, 0.6) is 0 Å². The summed E-state index contributed by atoms with van der Waals surface area (Å²) < 4.78 is 40.3. The number of rotatable bonds is 10. The monoisotopic (exact) mass is 820 g/mol. The zero-order chi connectivity index (χ0) is 40.8. The number of hydrogen-bond donors (Lipinski definition) is 3. The summed E-state index contributed by atoms with van der Waals surface area (Å²) in [6, 6.07) is 16.2. The summed E-state index contributed by atoms with van der Waals surface area (Å²) in [5, 5.41) is 12.0. The first kappa shape index (κ1) is 39.9. The third kappa shape index (κ3) is 9.55. The van der Waals surface area contributed by atoms with Crippen molar-refractivity contribution in [2.24, 2.45) is 17.3 Å². The van der Waals surface area contributed by atoms with E-state index >= 15 is 0 Å². The first-order valence-electron chi connectivity index (χ1n) is 19.5. The second kappa shape index (κ2) is 18.0. The Morgan fingerprint density at radius 2 is 1.29 bits per heavy atom. The summed E-state index contributed by atoms with van der Waals surface area (Å²) in [5.41, 5.74) is 13.9. The number of aryl methyl sites for hydroxylation is 3. The van der Waals surface area contributed by atoms with Crippen LogP contribution in [0.3, 0.4) is 0 Å². The fourth-order valence-corrected chi connectivity index (χ4v) is 8.52. The molecule has 2 saturated heterocycles. The standard InChI is InChI=1S/C22H26N8O3S.C18H22N6O/c1-16-4-3-5-17(10-16)11-24-27-22-25-19-13-30(34(31,32)20-14-28(2)15-23-20)12-18(19)21(26-22)29-6-8-33-9-7-29;1-13-3-2-4-14(9-13)10-20-23-18-21-16-12-19-11-15(16)17(22-18)24-5-7-25-8-6-24/h3-5,10-11,14-15H,6-9,12-13H2,1-2H3,(H,25,26,27);2-4,9-10,19H,5-8,11-12H2,1H3,(H,21,22,23)/b24-11+;20-10+. The summed E-state index contributed by atoms with van der Waals surface area (Å²) in [4.78, 5) is 27.0. The number of hydrogen-bond acceptors (Lipinski definition) is 16. The molecule has 5 aromatic rings. The van der Waals surface area contributed by atoms with Crippen molar-refractivity contribution in [3.63, 3.8) is 0 Å². The number of imidazole rings is 1. The third-order valence-electron chi connectivity index (χ3n) is 10.1. The summed E-state index contributed by atoms with van der Waals surface area (Å²) in [5.74, 6) is 2.56. The van der Waals surface area contributed by atoms with Gasteiger partial charge in [0.1, 0.15) is 11.6 Å². The van der Waals surface area contributed by atoms with Crippen molar-refractivity contribution in [3.8, 4) is 0 Å². The molecule has 4 aliphatic rings. The highest BCUT2D eigenvalue weighted by Crippen LogP contribution is 2.34. The SMILES string of the molecule is Cc1cccc(/C=N/Nc2nc3c(c(N4CCOCC4)n2)CN(S(=O)(=O)c2cn(C)cn2)C3)c1.Cc1cccc(/C=N/Nc2nc3c(c(N4CCOCC4)n2)CNC3)c1. The van der Waals surface area contributed by atoms with Crippen LogP contribution in [-0.2, 0) is 52.7 Å². The molecule has 3 aromatic heterocycles. The zero-order valence-electron chi connectivity index (χ0n) is 33.4. The normalized spacial score (nSPS) is 16.9. The van der Waals surface area contributed by atoms with Gasteiger partial charge in [-0.05, 0) is 25.0 Å². The van der Waals surface area contributed by atoms with Crippen LogP contribution in [-0.4, -0.2) is 107 Å². The summed E-state index contributed by atoms with van der Waals surface area (Å²) in [6.07, 6.45) is 6.47. The van der Waals surface area contributed by atoms with Crippen LogP contribution >= 0.6 is 0 Å². The average Bonchev–Trinajstić information content (AvgIpc) is 4.02. The maximum absolute atomic E-state index is 13.2. The molecular formula is C40H48N14O4S. The minimum absolute atomic E-state index is 0.0183. The Bertz CT molecular complexity index is 2450. The van der Waals surface area contributed by atoms with Crippen molar-refractivity contribution < 1.29 is 17.9 Å². The predicted molar refractivity (Wildman–Crippen MR) is 225 cm³/mol.